The molecule has 0 spiro atoms. The molecule has 0 saturated carbocycles. The van der Waals surface area contributed by atoms with Crippen molar-refractivity contribution in [3.05, 3.63) is 46.3 Å². The van der Waals surface area contributed by atoms with Gasteiger partial charge in [0.2, 0.25) is 5.69 Å². The predicted molar refractivity (Wildman–Crippen MR) is 79.3 cm³/mol. The second-order valence-electron chi connectivity index (χ2n) is 4.76. The fourth-order valence-electron chi connectivity index (χ4n) is 2.72. The summed E-state index contributed by atoms with van der Waals surface area (Å²) < 4.78 is 7.22. The molecule has 3 heterocycles. The van der Waals surface area contributed by atoms with E-state index in [1.807, 2.05) is 34.9 Å². The molecule has 3 nitrogen and oxygen atoms in total. The highest BCUT2D eigenvalue weighted by Crippen LogP contribution is 2.46. The van der Waals surface area contributed by atoms with Gasteiger partial charge in [0.1, 0.15) is 5.75 Å². The second kappa shape index (κ2) is 4.15. The lowest BCUT2D eigenvalue weighted by Gasteiger charge is -2.02. The van der Waals surface area contributed by atoms with Crippen molar-refractivity contribution in [3.63, 3.8) is 0 Å². The van der Waals surface area contributed by atoms with Crippen LogP contribution in [0.3, 0.4) is 0 Å². The Morgan fingerprint density at radius 1 is 1.25 bits per heavy atom. The van der Waals surface area contributed by atoms with Crippen LogP contribution in [0.2, 0.25) is 0 Å². The molecule has 4 heteroatoms. The Morgan fingerprint density at radius 3 is 2.80 bits per heavy atom. The number of ketones is 1. The van der Waals surface area contributed by atoms with E-state index in [9.17, 15) is 4.79 Å². The normalized spacial score (nSPS) is 15.8. The third-order valence-corrected chi connectivity index (χ3v) is 4.67. The Labute approximate surface area is 120 Å². The topological polar surface area (TPSA) is 29.3 Å². The molecule has 0 N–H and O–H groups in total. The fourth-order valence-corrected chi connectivity index (χ4v) is 3.74. The van der Waals surface area contributed by atoms with Gasteiger partial charge in [0.15, 0.2) is 11.1 Å². The van der Waals surface area contributed by atoms with Crippen molar-refractivity contribution in [2.24, 2.45) is 0 Å². The van der Waals surface area contributed by atoms with E-state index in [0.717, 1.165) is 39.6 Å². The van der Waals surface area contributed by atoms with Crippen LogP contribution in [0, 0.1) is 0 Å². The molecule has 0 saturated heterocycles. The molecule has 2 aliphatic heterocycles. The number of Topliss-reactive ketones (excluding diaryl/α,β-unsaturated/α-hetero) is 1. The number of allylic oxidation sites excluding steroid dienone is 2. The number of fused-ring (bicyclic) bond motifs is 3. The van der Waals surface area contributed by atoms with Crippen LogP contribution in [0.1, 0.15) is 16.1 Å². The smallest absolute Gasteiger partial charge is 0.273 e. The average molecular weight is 282 g/mol. The monoisotopic (exact) mass is 282 g/mol. The molecule has 4 rings (SSSR count). The van der Waals surface area contributed by atoms with Gasteiger partial charge in [-0.15, -0.1) is 11.3 Å². The van der Waals surface area contributed by atoms with Crippen molar-refractivity contribution in [2.45, 2.75) is 6.42 Å². The minimum atomic E-state index is 0.151. The van der Waals surface area contributed by atoms with Crippen LogP contribution in [0.15, 0.2) is 41.4 Å². The van der Waals surface area contributed by atoms with E-state index in [1.165, 1.54) is 11.3 Å². The van der Waals surface area contributed by atoms with Crippen LogP contribution in [0.5, 0.6) is 5.75 Å². The summed E-state index contributed by atoms with van der Waals surface area (Å²) >= 11 is 1.53. The van der Waals surface area contributed by atoms with E-state index in [0.29, 0.717) is 0 Å². The molecule has 2 aromatic rings. The number of methoxy groups -OCH3 is 1. The van der Waals surface area contributed by atoms with Crippen molar-refractivity contribution < 1.29 is 14.1 Å². The molecule has 0 radical (unpaired) electrons. The van der Waals surface area contributed by atoms with Crippen LogP contribution in [-0.4, -0.2) is 23.7 Å². The van der Waals surface area contributed by atoms with Gasteiger partial charge < -0.3 is 4.74 Å². The number of hydrogen-bond donors (Lipinski definition) is 0. The van der Waals surface area contributed by atoms with Gasteiger partial charge in [-0.25, -0.2) is 0 Å². The summed E-state index contributed by atoms with van der Waals surface area (Å²) in [6.45, 7) is 0. The van der Waals surface area contributed by atoms with Crippen LogP contribution in [-0.2, 0) is 0 Å². The standard InChI is InChI=1S/C16H12NO2S/c1-19-11-6-4-10(5-7-11)12-9-20-16-14(12)17-8-2-3-13(17)15(16)18/h3-9H,2H2,1H3/q+1. The first-order chi connectivity index (χ1) is 9.79. The second-order valence-corrected chi connectivity index (χ2v) is 5.64. The number of nitrogens with zero attached hydrogens (tertiary/aromatic N) is 1. The summed E-state index contributed by atoms with van der Waals surface area (Å²) in [7, 11) is 1.66. The lowest BCUT2D eigenvalue weighted by molar-refractivity contribution is -0.359. The Balaban J connectivity index is 1.88. The minimum Gasteiger partial charge on any atom is -0.497 e. The van der Waals surface area contributed by atoms with Gasteiger partial charge in [0.05, 0.1) is 19.1 Å². The Bertz CT molecular complexity index is 781. The summed E-state index contributed by atoms with van der Waals surface area (Å²) in [5.74, 6) is 0.989. The number of benzene rings is 1. The molecule has 1 aromatic heterocycles. The number of rotatable bonds is 2. The Morgan fingerprint density at radius 2 is 2.05 bits per heavy atom. The number of thiophene rings is 1. The zero-order valence-corrected chi connectivity index (χ0v) is 11.7. The molecule has 1 aromatic carbocycles. The fraction of sp³-hybridized carbons (Fsp3) is 0.125. The molecule has 0 fully saturated rings. The summed E-state index contributed by atoms with van der Waals surface area (Å²) in [6.07, 6.45) is 4.89. The highest BCUT2D eigenvalue weighted by molar-refractivity contribution is 7.13. The van der Waals surface area contributed by atoms with Crippen molar-refractivity contribution in [2.75, 3.05) is 7.11 Å². The molecular formula is C16H12NO2S+. The van der Waals surface area contributed by atoms with Crippen LogP contribution >= 0.6 is 11.3 Å². The van der Waals surface area contributed by atoms with E-state index in [4.69, 9.17) is 4.74 Å². The minimum absolute atomic E-state index is 0.151. The van der Waals surface area contributed by atoms with Crippen molar-refractivity contribution in [3.8, 4) is 16.9 Å². The molecular weight excluding hydrogens is 270 g/mol. The molecule has 0 aliphatic carbocycles. The molecule has 0 atom stereocenters. The predicted octanol–water partition coefficient (Wildman–Crippen LogP) is 3.62. The van der Waals surface area contributed by atoms with Gasteiger partial charge in [0, 0.05) is 11.5 Å². The van der Waals surface area contributed by atoms with Gasteiger partial charge in [-0.05, 0) is 17.7 Å². The van der Waals surface area contributed by atoms with Crippen LogP contribution in [0.4, 0.5) is 5.69 Å². The number of hydrogen-bond acceptors (Lipinski definition) is 3. The van der Waals surface area contributed by atoms with Gasteiger partial charge in [-0.2, -0.15) is 4.58 Å². The highest BCUT2D eigenvalue weighted by atomic mass is 32.1. The largest absolute Gasteiger partial charge is 0.497 e. The zero-order chi connectivity index (χ0) is 13.7. The van der Waals surface area contributed by atoms with E-state index in [-0.39, 0.29) is 5.78 Å². The Hall–Kier alpha value is -2.20. The summed E-state index contributed by atoms with van der Waals surface area (Å²) in [6, 6.07) is 7.95. The first kappa shape index (κ1) is 11.6. The maximum Gasteiger partial charge on any atom is 0.273 e. The maximum atomic E-state index is 12.3. The summed E-state index contributed by atoms with van der Waals surface area (Å²) in [4.78, 5) is 13.1. The highest BCUT2D eigenvalue weighted by Gasteiger charge is 2.43. The number of carbonyl (C=O) groups is 1. The third kappa shape index (κ3) is 1.45. The van der Waals surface area contributed by atoms with Crippen molar-refractivity contribution in [1.82, 2.24) is 0 Å². The van der Waals surface area contributed by atoms with E-state index < -0.39 is 0 Å². The van der Waals surface area contributed by atoms with Gasteiger partial charge >= 0.3 is 0 Å². The lowest BCUT2D eigenvalue weighted by Crippen LogP contribution is -2.00. The molecule has 0 unspecified atom stereocenters. The molecule has 0 bridgehead atoms. The molecule has 0 amide bonds. The molecule has 2 aliphatic rings. The van der Waals surface area contributed by atoms with Gasteiger partial charge in [0.25, 0.3) is 11.5 Å². The SMILES string of the molecule is COc1ccc(-c2csc3c2[N+]2=CCC=C2C3=O)cc1. The Kier molecular flexibility index (Phi) is 2.41. The van der Waals surface area contributed by atoms with Gasteiger partial charge in [-0.3, -0.25) is 4.79 Å². The van der Waals surface area contributed by atoms with E-state index in [2.05, 4.69) is 11.6 Å². The average Bonchev–Trinajstić information content (AvgIpc) is 3.16. The zero-order valence-electron chi connectivity index (χ0n) is 10.9. The quantitative estimate of drug-likeness (QED) is 0.787. The van der Waals surface area contributed by atoms with Crippen LogP contribution in [0.25, 0.3) is 11.1 Å². The van der Waals surface area contributed by atoms with E-state index >= 15 is 0 Å². The first-order valence-corrected chi connectivity index (χ1v) is 7.31. The van der Waals surface area contributed by atoms with Gasteiger partial charge in [-0.1, -0.05) is 12.1 Å². The first-order valence-electron chi connectivity index (χ1n) is 6.43. The van der Waals surface area contributed by atoms with E-state index in [1.54, 1.807) is 7.11 Å². The third-order valence-electron chi connectivity index (χ3n) is 3.70. The summed E-state index contributed by atoms with van der Waals surface area (Å²) in [5.41, 5.74) is 4.07. The number of carbonyl (C=O) groups excluding carboxylic acids is 1. The molecule has 20 heavy (non-hydrogen) atoms. The number of ether oxygens (including phenoxy) is 1. The summed E-state index contributed by atoms with van der Waals surface area (Å²) in [5, 5.41) is 2.06. The van der Waals surface area contributed by atoms with Crippen molar-refractivity contribution >= 4 is 29.0 Å². The maximum absolute atomic E-state index is 12.3. The lowest BCUT2D eigenvalue weighted by atomic mass is 10.1. The molecule has 98 valence electrons. The van der Waals surface area contributed by atoms with Crippen molar-refractivity contribution in [1.29, 1.82) is 0 Å². The van der Waals surface area contributed by atoms with Crippen LogP contribution < -0.4 is 4.74 Å².